The molecule has 1 atom stereocenters. The molecule has 2 aromatic heterocycles. The van der Waals surface area contributed by atoms with E-state index in [-0.39, 0.29) is 0 Å². The van der Waals surface area contributed by atoms with Gasteiger partial charge in [0.05, 0.1) is 26.0 Å². The van der Waals surface area contributed by atoms with E-state index in [1.54, 1.807) is 4.68 Å². The van der Waals surface area contributed by atoms with Gasteiger partial charge < -0.3 is 14.4 Å². The monoisotopic (exact) mass is 333 g/mol. The van der Waals surface area contributed by atoms with Crippen LogP contribution in [0, 0.1) is 5.92 Å². The quantitative estimate of drug-likeness (QED) is 0.802. The zero-order chi connectivity index (χ0) is 16.6. The van der Waals surface area contributed by atoms with Crippen molar-refractivity contribution in [3.05, 3.63) is 18.0 Å². The summed E-state index contributed by atoms with van der Waals surface area (Å²) in [6, 6.07) is 0. The SMILES string of the molecule is Cn1cc(Cn2nnnc2N2CCCC(C3(C)OCCO3)C2)cn1. The number of rotatable bonds is 4. The van der Waals surface area contributed by atoms with Crippen LogP contribution in [0.5, 0.6) is 0 Å². The lowest BCUT2D eigenvalue weighted by Gasteiger charge is -2.39. The number of ether oxygens (including phenoxy) is 2. The van der Waals surface area contributed by atoms with Crippen LogP contribution in [-0.4, -0.2) is 62.1 Å². The van der Waals surface area contributed by atoms with Crippen molar-refractivity contribution in [1.82, 2.24) is 30.0 Å². The smallest absolute Gasteiger partial charge is 0.245 e. The molecular formula is C15H23N7O2. The van der Waals surface area contributed by atoms with Crippen LogP contribution in [0.15, 0.2) is 12.4 Å². The first-order valence-corrected chi connectivity index (χ1v) is 8.40. The highest BCUT2D eigenvalue weighted by molar-refractivity contribution is 5.30. The highest BCUT2D eigenvalue weighted by Crippen LogP contribution is 2.35. The molecule has 0 spiro atoms. The molecule has 0 saturated carbocycles. The average molecular weight is 333 g/mol. The van der Waals surface area contributed by atoms with E-state index in [1.165, 1.54) is 0 Å². The first-order chi connectivity index (χ1) is 11.6. The summed E-state index contributed by atoms with van der Waals surface area (Å²) in [7, 11) is 1.90. The van der Waals surface area contributed by atoms with Crippen molar-refractivity contribution in [2.75, 3.05) is 31.2 Å². The van der Waals surface area contributed by atoms with Crippen molar-refractivity contribution < 1.29 is 9.47 Å². The molecule has 9 nitrogen and oxygen atoms in total. The summed E-state index contributed by atoms with van der Waals surface area (Å²) in [4.78, 5) is 2.24. The Kier molecular flexibility index (Phi) is 3.97. The summed E-state index contributed by atoms with van der Waals surface area (Å²) in [6.07, 6.45) is 5.99. The predicted octanol–water partition coefficient (Wildman–Crippen LogP) is 0.434. The lowest BCUT2D eigenvalue weighted by molar-refractivity contribution is -0.182. The van der Waals surface area contributed by atoms with Gasteiger partial charge in [-0.1, -0.05) is 5.10 Å². The number of hydrogen-bond acceptors (Lipinski definition) is 7. The van der Waals surface area contributed by atoms with Crippen LogP contribution in [0.25, 0.3) is 0 Å². The van der Waals surface area contributed by atoms with Gasteiger partial charge >= 0.3 is 0 Å². The minimum absolute atomic E-state index is 0.317. The van der Waals surface area contributed by atoms with Gasteiger partial charge in [-0.15, -0.1) is 0 Å². The third-order valence-corrected chi connectivity index (χ3v) is 4.91. The zero-order valence-corrected chi connectivity index (χ0v) is 14.1. The van der Waals surface area contributed by atoms with E-state index in [1.807, 2.05) is 31.0 Å². The molecule has 0 aliphatic carbocycles. The van der Waals surface area contributed by atoms with Gasteiger partial charge in [-0.05, 0) is 30.2 Å². The lowest BCUT2D eigenvalue weighted by Crippen LogP contribution is -2.47. The number of anilines is 1. The van der Waals surface area contributed by atoms with E-state index in [0.717, 1.165) is 37.4 Å². The minimum atomic E-state index is -0.486. The largest absolute Gasteiger partial charge is 0.347 e. The second-order valence-electron chi connectivity index (χ2n) is 6.66. The lowest BCUT2D eigenvalue weighted by atomic mass is 9.90. The standard InChI is InChI=1S/C15H23N7O2/c1-15(23-6-7-24-15)13-4-3-5-21(11-13)14-17-18-19-22(14)10-12-8-16-20(2)9-12/h8-9,13H,3-7,10-11H2,1-2H3. The Labute approximate surface area is 140 Å². The normalized spacial score (nSPS) is 23.8. The Morgan fingerprint density at radius 2 is 2.17 bits per heavy atom. The van der Waals surface area contributed by atoms with E-state index in [2.05, 4.69) is 25.5 Å². The topological polar surface area (TPSA) is 83.1 Å². The molecule has 4 heterocycles. The van der Waals surface area contributed by atoms with Crippen LogP contribution in [0.1, 0.15) is 25.3 Å². The van der Waals surface area contributed by atoms with E-state index in [9.17, 15) is 0 Å². The molecule has 0 N–H and O–H groups in total. The Morgan fingerprint density at radius 3 is 2.92 bits per heavy atom. The average Bonchev–Trinajstić information content (AvgIpc) is 3.31. The van der Waals surface area contributed by atoms with Crippen LogP contribution in [-0.2, 0) is 23.1 Å². The molecule has 0 amide bonds. The molecule has 2 saturated heterocycles. The number of aryl methyl sites for hydroxylation is 1. The summed E-state index contributed by atoms with van der Waals surface area (Å²) in [5.74, 6) is 0.628. The summed E-state index contributed by atoms with van der Waals surface area (Å²) in [6.45, 7) is 5.79. The van der Waals surface area contributed by atoms with Gasteiger partial charge in [0.25, 0.3) is 0 Å². The van der Waals surface area contributed by atoms with Crippen LogP contribution in [0.4, 0.5) is 5.95 Å². The van der Waals surface area contributed by atoms with E-state index >= 15 is 0 Å². The van der Waals surface area contributed by atoms with Gasteiger partial charge in [0.1, 0.15) is 0 Å². The fourth-order valence-corrected chi connectivity index (χ4v) is 3.61. The van der Waals surface area contributed by atoms with Gasteiger partial charge in [-0.25, -0.2) is 4.68 Å². The van der Waals surface area contributed by atoms with Crippen LogP contribution in [0.2, 0.25) is 0 Å². The zero-order valence-electron chi connectivity index (χ0n) is 14.1. The molecule has 0 bridgehead atoms. The maximum absolute atomic E-state index is 5.86. The summed E-state index contributed by atoms with van der Waals surface area (Å²) in [5, 5.41) is 16.5. The molecule has 2 fully saturated rings. The molecule has 2 aliphatic heterocycles. The van der Waals surface area contributed by atoms with Gasteiger partial charge in [-0.3, -0.25) is 4.68 Å². The fourth-order valence-electron chi connectivity index (χ4n) is 3.61. The number of tetrazole rings is 1. The van der Waals surface area contributed by atoms with Crippen molar-refractivity contribution in [1.29, 1.82) is 0 Å². The van der Waals surface area contributed by atoms with Crippen LogP contribution >= 0.6 is 0 Å². The van der Waals surface area contributed by atoms with Crippen molar-refractivity contribution in [3.63, 3.8) is 0 Å². The fraction of sp³-hybridized carbons (Fsp3) is 0.733. The molecule has 9 heteroatoms. The third kappa shape index (κ3) is 2.89. The van der Waals surface area contributed by atoms with Crippen LogP contribution in [0.3, 0.4) is 0 Å². The van der Waals surface area contributed by atoms with E-state index < -0.39 is 5.79 Å². The highest BCUT2D eigenvalue weighted by Gasteiger charge is 2.42. The Hall–Kier alpha value is -2.00. The number of hydrogen-bond donors (Lipinski definition) is 0. The van der Waals surface area contributed by atoms with E-state index in [0.29, 0.717) is 25.7 Å². The Morgan fingerprint density at radius 1 is 1.33 bits per heavy atom. The summed E-state index contributed by atoms with van der Waals surface area (Å²) in [5.41, 5.74) is 1.08. The number of nitrogens with zero attached hydrogens (tertiary/aromatic N) is 7. The number of aromatic nitrogens is 6. The molecule has 4 rings (SSSR count). The summed E-state index contributed by atoms with van der Waals surface area (Å²) >= 11 is 0. The molecule has 1 unspecified atom stereocenters. The first-order valence-electron chi connectivity index (χ1n) is 8.40. The maximum Gasteiger partial charge on any atom is 0.245 e. The van der Waals surface area contributed by atoms with Crippen molar-refractivity contribution in [2.24, 2.45) is 13.0 Å². The van der Waals surface area contributed by atoms with Crippen molar-refractivity contribution in [2.45, 2.75) is 32.1 Å². The van der Waals surface area contributed by atoms with Crippen molar-refractivity contribution in [3.8, 4) is 0 Å². The molecule has 2 aliphatic rings. The van der Waals surface area contributed by atoms with Gasteiger partial charge in [0, 0.05) is 37.8 Å². The predicted molar refractivity (Wildman–Crippen MR) is 85.4 cm³/mol. The van der Waals surface area contributed by atoms with E-state index in [4.69, 9.17) is 9.47 Å². The molecule has 130 valence electrons. The number of piperidine rings is 1. The Balaban J connectivity index is 1.50. The summed E-state index contributed by atoms with van der Waals surface area (Å²) < 4.78 is 15.3. The van der Waals surface area contributed by atoms with Gasteiger partial charge in [-0.2, -0.15) is 5.10 Å². The van der Waals surface area contributed by atoms with Crippen LogP contribution < -0.4 is 4.90 Å². The minimum Gasteiger partial charge on any atom is -0.347 e. The molecule has 0 radical (unpaired) electrons. The molecule has 2 aromatic rings. The molecule has 24 heavy (non-hydrogen) atoms. The molecule has 0 aromatic carbocycles. The maximum atomic E-state index is 5.86. The van der Waals surface area contributed by atoms with Crippen molar-refractivity contribution >= 4 is 5.95 Å². The molecular weight excluding hydrogens is 310 g/mol. The third-order valence-electron chi connectivity index (χ3n) is 4.91. The van der Waals surface area contributed by atoms with Gasteiger partial charge in [0.15, 0.2) is 5.79 Å². The second-order valence-corrected chi connectivity index (χ2v) is 6.66. The van der Waals surface area contributed by atoms with Gasteiger partial charge in [0.2, 0.25) is 5.95 Å². The second kappa shape index (κ2) is 6.14. The first kappa shape index (κ1) is 15.5. The highest BCUT2D eigenvalue weighted by atomic mass is 16.7. The Bertz CT molecular complexity index is 692.